The number of furan rings is 1. The van der Waals surface area contributed by atoms with Gasteiger partial charge in [-0.3, -0.25) is 4.79 Å². The van der Waals surface area contributed by atoms with Crippen LogP contribution in [0.5, 0.6) is 0 Å². The number of fused-ring (bicyclic) bond motifs is 1. The molecular formula is C25H28O7. The Morgan fingerprint density at radius 2 is 1.97 bits per heavy atom. The van der Waals surface area contributed by atoms with E-state index in [4.69, 9.17) is 23.4 Å². The van der Waals surface area contributed by atoms with Crippen molar-refractivity contribution in [2.24, 2.45) is 22.7 Å². The van der Waals surface area contributed by atoms with Gasteiger partial charge in [-0.2, -0.15) is 0 Å². The molecule has 2 saturated carbocycles. The monoisotopic (exact) mass is 440 g/mol. The van der Waals surface area contributed by atoms with E-state index in [1.165, 1.54) is 6.08 Å². The molecule has 1 spiro atoms. The molecule has 1 aromatic heterocycles. The molecule has 2 aliphatic carbocycles. The first-order valence-corrected chi connectivity index (χ1v) is 11.7. The van der Waals surface area contributed by atoms with E-state index >= 15 is 0 Å². The van der Waals surface area contributed by atoms with Gasteiger partial charge in [0.1, 0.15) is 11.7 Å². The van der Waals surface area contributed by atoms with Gasteiger partial charge in [-0.25, -0.2) is 4.79 Å². The number of rotatable bonds is 2. The van der Waals surface area contributed by atoms with Crippen LogP contribution in [0.25, 0.3) is 0 Å². The normalized spacial score (nSPS) is 52.0. The van der Waals surface area contributed by atoms with Gasteiger partial charge in [-0.05, 0) is 52.2 Å². The second kappa shape index (κ2) is 5.50. The van der Waals surface area contributed by atoms with Crippen molar-refractivity contribution in [1.29, 1.82) is 0 Å². The van der Waals surface area contributed by atoms with Crippen LogP contribution in [0.1, 0.15) is 64.5 Å². The molecule has 7 heteroatoms. The standard InChI is InChI=1S/C25H28O7/c1-21(2)17(22(3)7-5-18(26)31-22)11-24(32-21)10-15-16(30-24)4-8-23-13-25(15,23)20(27)29-19(23)14-6-9-28-12-14/h5-7,9,12,15-17,19H,4,8,10-11,13H2,1-3H3/t15-,16-,17+,19+,22+,23-,24+,25-/m1/s1. The van der Waals surface area contributed by atoms with Gasteiger partial charge in [0.2, 0.25) is 0 Å². The molecule has 32 heavy (non-hydrogen) atoms. The van der Waals surface area contributed by atoms with Gasteiger partial charge >= 0.3 is 11.9 Å². The average molecular weight is 440 g/mol. The van der Waals surface area contributed by atoms with Gasteiger partial charge in [0.15, 0.2) is 5.79 Å². The first-order chi connectivity index (χ1) is 15.1. The van der Waals surface area contributed by atoms with E-state index in [0.29, 0.717) is 12.8 Å². The molecule has 7 rings (SSSR count). The fourth-order valence-corrected chi connectivity index (χ4v) is 8.25. The fourth-order valence-electron chi connectivity index (χ4n) is 8.25. The van der Waals surface area contributed by atoms with Crippen molar-refractivity contribution in [3.8, 4) is 0 Å². The Kier molecular flexibility index (Phi) is 3.33. The lowest BCUT2D eigenvalue weighted by Gasteiger charge is -2.36. The van der Waals surface area contributed by atoms with Gasteiger partial charge in [0.05, 0.1) is 29.6 Å². The molecule has 6 aliphatic rings. The van der Waals surface area contributed by atoms with Crippen molar-refractivity contribution >= 4 is 11.9 Å². The summed E-state index contributed by atoms with van der Waals surface area (Å²) in [4.78, 5) is 25.1. The Balaban J connectivity index is 1.20. The van der Waals surface area contributed by atoms with E-state index in [9.17, 15) is 9.59 Å². The van der Waals surface area contributed by atoms with Gasteiger partial charge in [0.25, 0.3) is 0 Å². The number of cyclic esters (lactones) is 2. The lowest BCUT2D eigenvalue weighted by Crippen LogP contribution is -2.44. The summed E-state index contributed by atoms with van der Waals surface area (Å²) in [5, 5.41) is 0. The molecule has 1 aromatic rings. The number of carbonyl (C=O) groups is 2. The van der Waals surface area contributed by atoms with E-state index in [1.54, 1.807) is 12.5 Å². The number of carbonyl (C=O) groups excluding carboxylic acids is 2. The van der Waals surface area contributed by atoms with Crippen molar-refractivity contribution in [3.63, 3.8) is 0 Å². The Labute approximate surface area is 186 Å². The Hall–Kier alpha value is -2.12. The van der Waals surface area contributed by atoms with E-state index in [2.05, 4.69) is 0 Å². The summed E-state index contributed by atoms with van der Waals surface area (Å²) in [6, 6.07) is 1.91. The Morgan fingerprint density at radius 3 is 2.69 bits per heavy atom. The largest absolute Gasteiger partial charge is 0.472 e. The zero-order valence-corrected chi connectivity index (χ0v) is 18.6. The highest BCUT2D eigenvalue weighted by Gasteiger charge is 2.87. The quantitative estimate of drug-likeness (QED) is 0.646. The number of esters is 2. The van der Waals surface area contributed by atoms with E-state index in [0.717, 1.165) is 24.8 Å². The highest BCUT2D eigenvalue weighted by Crippen LogP contribution is 2.84. The van der Waals surface area contributed by atoms with Gasteiger partial charge in [-0.15, -0.1) is 0 Å². The summed E-state index contributed by atoms with van der Waals surface area (Å²) < 4.78 is 30.3. The van der Waals surface area contributed by atoms with Crippen LogP contribution in [-0.2, 0) is 28.5 Å². The lowest BCUT2D eigenvalue weighted by atomic mass is 9.68. The van der Waals surface area contributed by atoms with Gasteiger partial charge < -0.3 is 23.4 Å². The van der Waals surface area contributed by atoms with Crippen LogP contribution in [0.4, 0.5) is 0 Å². The molecule has 0 N–H and O–H groups in total. The first-order valence-electron chi connectivity index (χ1n) is 11.7. The summed E-state index contributed by atoms with van der Waals surface area (Å²) >= 11 is 0. The van der Waals surface area contributed by atoms with Crippen molar-refractivity contribution in [3.05, 3.63) is 36.3 Å². The summed E-state index contributed by atoms with van der Waals surface area (Å²) in [5.41, 5.74) is -0.957. The maximum absolute atomic E-state index is 13.3. The molecule has 0 bridgehead atoms. The summed E-state index contributed by atoms with van der Waals surface area (Å²) in [6.07, 6.45) is 10.4. The van der Waals surface area contributed by atoms with Gasteiger partial charge in [-0.1, -0.05) is 0 Å². The van der Waals surface area contributed by atoms with Crippen LogP contribution in [0.15, 0.2) is 35.2 Å². The van der Waals surface area contributed by atoms with Crippen LogP contribution >= 0.6 is 0 Å². The highest BCUT2D eigenvalue weighted by molar-refractivity contribution is 5.87. The Morgan fingerprint density at radius 1 is 1.12 bits per heavy atom. The molecule has 3 saturated heterocycles. The van der Waals surface area contributed by atoms with Crippen molar-refractivity contribution < 1.29 is 33.0 Å². The lowest BCUT2D eigenvalue weighted by molar-refractivity contribution is -0.238. The predicted octanol–water partition coefficient (Wildman–Crippen LogP) is 3.84. The zero-order valence-electron chi connectivity index (χ0n) is 18.6. The first kappa shape index (κ1) is 19.4. The smallest absolute Gasteiger partial charge is 0.331 e. The predicted molar refractivity (Wildman–Crippen MR) is 109 cm³/mol. The number of hydrogen-bond acceptors (Lipinski definition) is 7. The van der Waals surface area contributed by atoms with Crippen LogP contribution in [0.3, 0.4) is 0 Å². The molecule has 4 aliphatic heterocycles. The zero-order chi connectivity index (χ0) is 22.1. The minimum atomic E-state index is -0.767. The highest BCUT2D eigenvalue weighted by atomic mass is 16.7. The number of hydrogen-bond donors (Lipinski definition) is 0. The second-order valence-electron chi connectivity index (χ2n) is 11.5. The third kappa shape index (κ3) is 2.10. The molecule has 0 radical (unpaired) electrons. The summed E-state index contributed by atoms with van der Waals surface area (Å²) in [6.45, 7) is 6.03. The average Bonchev–Trinajstić information content (AvgIpc) is 3.24. The maximum Gasteiger partial charge on any atom is 0.331 e. The third-order valence-corrected chi connectivity index (χ3v) is 9.51. The molecule has 0 amide bonds. The van der Waals surface area contributed by atoms with E-state index in [1.807, 2.05) is 32.9 Å². The Bertz CT molecular complexity index is 1060. The van der Waals surface area contributed by atoms with E-state index in [-0.39, 0.29) is 41.4 Å². The third-order valence-electron chi connectivity index (χ3n) is 9.51. The molecule has 5 fully saturated rings. The summed E-state index contributed by atoms with van der Waals surface area (Å²) in [5.74, 6) is -1.15. The second-order valence-corrected chi connectivity index (χ2v) is 11.5. The van der Waals surface area contributed by atoms with Crippen LogP contribution in [0.2, 0.25) is 0 Å². The van der Waals surface area contributed by atoms with Gasteiger partial charge in [0, 0.05) is 41.7 Å². The molecule has 8 atom stereocenters. The molecule has 0 aromatic carbocycles. The van der Waals surface area contributed by atoms with Crippen molar-refractivity contribution in [2.45, 2.75) is 82.1 Å². The SMILES string of the molecule is CC1(C)O[C@@]2(C[C@@H]3[C@@H](CC[C@]45C[C@]34C(=O)O[C@H]5c3ccoc3)O2)C[C@@H]1[C@]1(C)C=CC(=O)O1. The maximum atomic E-state index is 13.3. The molecule has 5 heterocycles. The minimum Gasteiger partial charge on any atom is -0.472 e. The molecular weight excluding hydrogens is 412 g/mol. The minimum absolute atomic E-state index is 0.0229. The molecule has 170 valence electrons. The topological polar surface area (TPSA) is 84.2 Å². The molecule has 0 unspecified atom stereocenters. The van der Waals surface area contributed by atoms with Crippen molar-refractivity contribution in [2.75, 3.05) is 0 Å². The molecule has 7 nitrogen and oxygen atoms in total. The summed E-state index contributed by atoms with van der Waals surface area (Å²) in [7, 11) is 0. The van der Waals surface area contributed by atoms with Crippen LogP contribution in [0, 0.1) is 22.7 Å². The van der Waals surface area contributed by atoms with E-state index < -0.39 is 22.4 Å². The fraction of sp³-hybridized carbons (Fsp3) is 0.680. The van der Waals surface area contributed by atoms with Crippen LogP contribution < -0.4 is 0 Å². The number of ether oxygens (including phenoxy) is 4. The van der Waals surface area contributed by atoms with Crippen LogP contribution in [-0.4, -0.2) is 35.0 Å². The van der Waals surface area contributed by atoms with Crippen molar-refractivity contribution in [1.82, 2.24) is 0 Å².